The van der Waals surface area contributed by atoms with E-state index in [1.807, 2.05) is 43.3 Å². The van der Waals surface area contributed by atoms with Crippen LogP contribution in [0.5, 0.6) is 11.6 Å². The Morgan fingerprint density at radius 1 is 1.29 bits per heavy atom. The van der Waals surface area contributed by atoms with Crippen LogP contribution >= 0.6 is 15.9 Å². The number of pyridine rings is 1. The molecule has 0 bridgehead atoms. The van der Waals surface area contributed by atoms with Crippen molar-refractivity contribution < 1.29 is 4.74 Å². The summed E-state index contributed by atoms with van der Waals surface area (Å²) in [5.41, 5.74) is 6.76. The second-order valence-electron chi connectivity index (χ2n) is 3.75. The van der Waals surface area contributed by atoms with Crippen molar-refractivity contribution in [2.24, 2.45) is 5.73 Å². The van der Waals surface area contributed by atoms with Gasteiger partial charge < -0.3 is 10.5 Å². The highest BCUT2D eigenvalue weighted by atomic mass is 79.9. The van der Waals surface area contributed by atoms with Gasteiger partial charge in [-0.25, -0.2) is 4.98 Å². The fourth-order valence-electron chi connectivity index (χ4n) is 1.48. The summed E-state index contributed by atoms with van der Waals surface area (Å²) in [5.74, 6) is 1.29. The van der Waals surface area contributed by atoms with Gasteiger partial charge in [-0.05, 0) is 31.2 Å². The molecule has 0 aliphatic heterocycles. The van der Waals surface area contributed by atoms with Gasteiger partial charge in [0.15, 0.2) is 0 Å². The van der Waals surface area contributed by atoms with Gasteiger partial charge in [-0.2, -0.15) is 0 Å². The third kappa shape index (κ3) is 3.05. The molecule has 2 aromatic rings. The standard InChI is InChI=1S/C13H13BrN2O/c1-9(15)12-6-3-7-16-13(12)17-11-5-2-4-10(14)8-11/h2-9H,15H2,1H3. The van der Waals surface area contributed by atoms with Crippen LogP contribution in [0.25, 0.3) is 0 Å². The van der Waals surface area contributed by atoms with Crippen molar-refractivity contribution in [2.45, 2.75) is 13.0 Å². The Bertz CT molecular complexity index is 514. The molecule has 1 heterocycles. The zero-order valence-corrected chi connectivity index (χ0v) is 11.0. The highest BCUT2D eigenvalue weighted by molar-refractivity contribution is 9.10. The molecule has 2 rings (SSSR count). The maximum Gasteiger partial charge on any atom is 0.223 e. The van der Waals surface area contributed by atoms with E-state index in [2.05, 4.69) is 20.9 Å². The number of hydrogen-bond acceptors (Lipinski definition) is 3. The molecule has 0 amide bonds. The predicted molar refractivity (Wildman–Crippen MR) is 71.1 cm³/mol. The van der Waals surface area contributed by atoms with Crippen molar-refractivity contribution in [3.05, 3.63) is 52.6 Å². The Morgan fingerprint density at radius 2 is 2.12 bits per heavy atom. The number of rotatable bonds is 3. The number of nitrogens with two attached hydrogens (primary N) is 1. The molecular weight excluding hydrogens is 280 g/mol. The minimum Gasteiger partial charge on any atom is -0.439 e. The summed E-state index contributed by atoms with van der Waals surface area (Å²) < 4.78 is 6.70. The van der Waals surface area contributed by atoms with Gasteiger partial charge in [-0.1, -0.05) is 28.1 Å². The molecule has 0 aliphatic rings. The summed E-state index contributed by atoms with van der Waals surface area (Å²) in [5, 5.41) is 0. The quantitative estimate of drug-likeness (QED) is 0.939. The first-order chi connectivity index (χ1) is 8.16. The smallest absolute Gasteiger partial charge is 0.223 e. The van der Waals surface area contributed by atoms with Gasteiger partial charge in [0.05, 0.1) is 0 Å². The number of hydrogen-bond donors (Lipinski definition) is 1. The lowest BCUT2D eigenvalue weighted by Crippen LogP contribution is -2.07. The molecular formula is C13H13BrN2O. The third-order valence-corrected chi connectivity index (χ3v) is 2.80. The summed E-state index contributed by atoms with van der Waals surface area (Å²) in [6.07, 6.45) is 1.69. The molecule has 0 spiro atoms. The van der Waals surface area contributed by atoms with Crippen LogP contribution in [0.2, 0.25) is 0 Å². The Morgan fingerprint density at radius 3 is 2.82 bits per heavy atom. The normalized spacial score (nSPS) is 12.2. The molecule has 0 saturated carbocycles. The summed E-state index contributed by atoms with van der Waals surface area (Å²) in [4.78, 5) is 4.21. The first-order valence-corrected chi connectivity index (χ1v) is 6.10. The maximum atomic E-state index is 5.87. The van der Waals surface area contributed by atoms with Crippen LogP contribution in [-0.4, -0.2) is 4.98 Å². The summed E-state index contributed by atoms with van der Waals surface area (Å²) in [6.45, 7) is 1.91. The van der Waals surface area contributed by atoms with Crippen molar-refractivity contribution >= 4 is 15.9 Å². The second-order valence-corrected chi connectivity index (χ2v) is 4.66. The van der Waals surface area contributed by atoms with Crippen LogP contribution < -0.4 is 10.5 Å². The molecule has 88 valence electrons. The Balaban J connectivity index is 2.30. The zero-order valence-electron chi connectivity index (χ0n) is 9.43. The van der Waals surface area contributed by atoms with E-state index in [-0.39, 0.29) is 6.04 Å². The molecule has 2 N–H and O–H groups in total. The topological polar surface area (TPSA) is 48.1 Å². The minimum absolute atomic E-state index is 0.106. The molecule has 4 heteroatoms. The van der Waals surface area contributed by atoms with Crippen molar-refractivity contribution in [1.29, 1.82) is 0 Å². The SMILES string of the molecule is CC(N)c1cccnc1Oc1cccc(Br)c1. The number of halogens is 1. The van der Waals surface area contributed by atoms with Gasteiger partial charge in [0.25, 0.3) is 0 Å². The van der Waals surface area contributed by atoms with Crippen molar-refractivity contribution in [1.82, 2.24) is 4.98 Å². The number of benzene rings is 1. The van der Waals surface area contributed by atoms with Gasteiger partial charge in [-0.15, -0.1) is 0 Å². The lowest BCUT2D eigenvalue weighted by Gasteiger charge is -2.12. The molecule has 1 unspecified atom stereocenters. The maximum absolute atomic E-state index is 5.87. The van der Waals surface area contributed by atoms with E-state index in [1.54, 1.807) is 6.20 Å². The van der Waals surface area contributed by atoms with Gasteiger partial charge >= 0.3 is 0 Å². The lowest BCUT2D eigenvalue weighted by atomic mass is 10.1. The van der Waals surface area contributed by atoms with E-state index in [0.29, 0.717) is 5.88 Å². The molecule has 0 radical (unpaired) electrons. The van der Waals surface area contributed by atoms with E-state index in [0.717, 1.165) is 15.8 Å². The van der Waals surface area contributed by atoms with Crippen LogP contribution in [0.4, 0.5) is 0 Å². The molecule has 3 nitrogen and oxygen atoms in total. The molecule has 17 heavy (non-hydrogen) atoms. The first kappa shape index (κ1) is 12.1. The van der Waals surface area contributed by atoms with Gasteiger partial charge in [0.1, 0.15) is 5.75 Å². The average molecular weight is 293 g/mol. The van der Waals surface area contributed by atoms with Crippen LogP contribution in [0.15, 0.2) is 47.1 Å². The second kappa shape index (κ2) is 5.29. The van der Waals surface area contributed by atoms with Crippen LogP contribution in [0.3, 0.4) is 0 Å². The molecule has 0 fully saturated rings. The monoisotopic (exact) mass is 292 g/mol. The Labute approximate surface area is 109 Å². The fraction of sp³-hybridized carbons (Fsp3) is 0.154. The van der Waals surface area contributed by atoms with Crippen LogP contribution in [-0.2, 0) is 0 Å². The van der Waals surface area contributed by atoms with Crippen molar-refractivity contribution in [2.75, 3.05) is 0 Å². The van der Waals surface area contributed by atoms with Gasteiger partial charge in [-0.3, -0.25) is 0 Å². The Hall–Kier alpha value is -1.39. The molecule has 1 atom stereocenters. The third-order valence-electron chi connectivity index (χ3n) is 2.30. The average Bonchev–Trinajstić information content (AvgIpc) is 2.29. The van der Waals surface area contributed by atoms with E-state index < -0.39 is 0 Å². The van der Waals surface area contributed by atoms with E-state index in [1.165, 1.54) is 0 Å². The highest BCUT2D eigenvalue weighted by Gasteiger charge is 2.09. The molecule has 1 aromatic carbocycles. The summed E-state index contributed by atoms with van der Waals surface area (Å²) in [7, 11) is 0. The predicted octanol–water partition coefficient (Wildman–Crippen LogP) is 3.66. The van der Waals surface area contributed by atoms with E-state index in [9.17, 15) is 0 Å². The highest BCUT2D eigenvalue weighted by Crippen LogP contribution is 2.27. The molecule has 0 saturated heterocycles. The fourth-order valence-corrected chi connectivity index (χ4v) is 1.86. The summed E-state index contributed by atoms with van der Waals surface area (Å²) in [6, 6.07) is 11.3. The minimum atomic E-state index is -0.106. The molecule has 1 aromatic heterocycles. The molecule has 0 aliphatic carbocycles. The number of aromatic nitrogens is 1. The van der Waals surface area contributed by atoms with Crippen LogP contribution in [0, 0.1) is 0 Å². The van der Waals surface area contributed by atoms with Crippen LogP contribution in [0.1, 0.15) is 18.5 Å². The first-order valence-electron chi connectivity index (χ1n) is 5.31. The summed E-state index contributed by atoms with van der Waals surface area (Å²) >= 11 is 3.40. The Kier molecular flexibility index (Phi) is 3.76. The van der Waals surface area contributed by atoms with E-state index in [4.69, 9.17) is 10.5 Å². The van der Waals surface area contributed by atoms with Crippen molar-refractivity contribution in [3.63, 3.8) is 0 Å². The van der Waals surface area contributed by atoms with Gasteiger partial charge in [0, 0.05) is 22.3 Å². The lowest BCUT2D eigenvalue weighted by molar-refractivity contribution is 0.452. The zero-order chi connectivity index (χ0) is 12.3. The number of ether oxygens (including phenoxy) is 1. The number of nitrogens with zero attached hydrogens (tertiary/aromatic N) is 1. The largest absolute Gasteiger partial charge is 0.439 e. The van der Waals surface area contributed by atoms with Crippen molar-refractivity contribution in [3.8, 4) is 11.6 Å². The van der Waals surface area contributed by atoms with Gasteiger partial charge in [0.2, 0.25) is 5.88 Å². The van der Waals surface area contributed by atoms with E-state index >= 15 is 0 Å².